The van der Waals surface area contributed by atoms with E-state index in [4.69, 9.17) is 0 Å². The van der Waals surface area contributed by atoms with E-state index in [-0.39, 0.29) is 35.3 Å². The molecule has 150 valence electrons. The van der Waals surface area contributed by atoms with E-state index >= 15 is 0 Å². The van der Waals surface area contributed by atoms with Gasteiger partial charge in [-0.1, -0.05) is 42.5 Å². The van der Waals surface area contributed by atoms with Crippen molar-refractivity contribution in [3.8, 4) is 0 Å². The molecule has 0 heterocycles. The van der Waals surface area contributed by atoms with Gasteiger partial charge in [-0.15, -0.1) is 24.0 Å². The number of aliphatic imine (C=N–C) groups is 1. The summed E-state index contributed by atoms with van der Waals surface area (Å²) in [4.78, 5) is 16.3. The zero-order valence-corrected chi connectivity index (χ0v) is 18.8. The Labute approximate surface area is 184 Å². The third-order valence-corrected chi connectivity index (χ3v) is 5.04. The Hall–Kier alpha value is -2.09. The molecule has 1 aliphatic rings. The van der Waals surface area contributed by atoms with E-state index in [2.05, 4.69) is 51.3 Å². The van der Waals surface area contributed by atoms with Gasteiger partial charge in [0.15, 0.2) is 5.96 Å². The summed E-state index contributed by atoms with van der Waals surface area (Å²) < 4.78 is 0. The summed E-state index contributed by atoms with van der Waals surface area (Å²) >= 11 is 0. The van der Waals surface area contributed by atoms with Crippen molar-refractivity contribution in [2.75, 3.05) is 20.1 Å². The fraction of sp³-hybridized carbons (Fsp3) is 0.364. The van der Waals surface area contributed by atoms with Gasteiger partial charge in [-0.05, 0) is 43.0 Å². The SMILES string of the molecule is CCNC(=O)c1cccc(CNC(=NC)NCC2(c3ccccc3)CC2)c1.I. The second-order valence-corrected chi connectivity index (χ2v) is 6.99. The molecular weight excluding hydrogens is 463 g/mol. The maximum absolute atomic E-state index is 12.0. The first-order valence-electron chi connectivity index (χ1n) is 9.54. The molecule has 1 fully saturated rings. The molecule has 0 spiro atoms. The number of carbonyl (C=O) groups excluding carboxylic acids is 1. The number of hydrogen-bond acceptors (Lipinski definition) is 2. The molecule has 3 N–H and O–H groups in total. The molecule has 5 nitrogen and oxygen atoms in total. The van der Waals surface area contributed by atoms with Crippen LogP contribution in [0.1, 0.15) is 41.3 Å². The number of rotatable bonds is 7. The first kappa shape index (κ1) is 22.2. The lowest BCUT2D eigenvalue weighted by molar-refractivity contribution is 0.0955. The van der Waals surface area contributed by atoms with Crippen LogP contribution in [0.5, 0.6) is 0 Å². The predicted octanol–water partition coefficient (Wildman–Crippen LogP) is 3.45. The Morgan fingerprint density at radius 2 is 1.79 bits per heavy atom. The molecule has 0 saturated heterocycles. The second kappa shape index (κ2) is 10.5. The lowest BCUT2D eigenvalue weighted by Crippen LogP contribution is -2.40. The minimum atomic E-state index is -0.0413. The van der Waals surface area contributed by atoms with Gasteiger partial charge in [-0.25, -0.2) is 0 Å². The highest BCUT2D eigenvalue weighted by Gasteiger charge is 2.43. The Morgan fingerprint density at radius 1 is 1.04 bits per heavy atom. The van der Waals surface area contributed by atoms with Crippen LogP contribution in [0.2, 0.25) is 0 Å². The first-order valence-corrected chi connectivity index (χ1v) is 9.54. The lowest BCUT2D eigenvalue weighted by atomic mass is 9.96. The Balaban J connectivity index is 0.00000280. The number of hydrogen-bond donors (Lipinski definition) is 3. The molecule has 0 aliphatic heterocycles. The smallest absolute Gasteiger partial charge is 0.251 e. The Kier molecular flexibility index (Phi) is 8.29. The van der Waals surface area contributed by atoms with Gasteiger partial charge in [0, 0.05) is 37.7 Å². The summed E-state index contributed by atoms with van der Waals surface area (Å²) in [5, 5.41) is 9.63. The predicted molar refractivity (Wildman–Crippen MR) is 125 cm³/mol. The van der Waals surface area contributed by atoms with Crippen molar-refractivity contribution in [1.29, 1.82) is 0 Å². The maximum Gasteiger partial charge on any atom is 0.251 e. The van der Waals surface area contributed by atoms with Gasteiger partial charge in [0.25, 0.3) is 5.91 Å². The van der Waals surface area contributed by atoms with E-state index in [0.29, 0.717) is 18.7 Å². The minimum Gasteiger partial charge on any atom is -0.356 e. The first-order chi connectivity index (χ1) is 13.2. The lowest BCUT2D eigenvalue weighted by Gasteiger charge is -2.19. The second-order valence-electron chi connectivity index (χ2n) is 6.99. The standard InChI is InChI=1S/C22H28N4O.HI/c1-3-24-20(27)18-9-7-8-17(14-18)15-25-21(23-2)26-16-22(12-13-22)19-10-5-4-6-11-19;/h4-11,14H,3,12-13,15-16H2,1-2H3,(H,24,27)(H2,23,25,26);1H. The molecular formula is C22H29IN4O. The van der Waals surface area contributed by atoms with Crippen molar-refractivity contribution < 1.29 is 4.79 Å². The topological polar surface area (TPSA) is 65.5 Å². The van der Waals surface area contributed by atoms with Crippen LogP contribution in [0.15, 0.2) is 59.6 Å². The summed E-state index contributed by atoms with van der Waals surface area (Å²) in [7, 11) is 1.78. The molecule has 3 rings (SSSR count). The highest BCUT2D eigenvalue weighted by molar-refractivity contribution is 14.0. The van der Waals surface area contributed by atoms with E-state index in [0.717, 1.165) is 18.1 Å². The van der Waals surface area contributed by atoms with E-state index in [9.17, 15) is 4.79 Å². The molecule has 0 aromatic heterocycles. The zero-order valence-electron chi connectivity index (χ0n) is 16.5. The van der Waals surface area contributed by atoms with Gasteiger partial charge in [0.2, 0.25) is 0 Å². The van der Waals surface area contributed by atoms with Crippen molar-refractivity contribution in [1.82, 2.24) is 16.0 Å². The molecule has 1 aliphatic carbocycles. The van der Waals surface area contributed by atoms with Gasteiger partial charge in [-0.3, -0.25) is 9.79 Å². The third kappa shape index (κ3) is 5.70. The normalized spacial score (nSPS) is 14.6. The van der Waals surface area contributed by atoms with Gasteiger partial charge in [0.05, 0.1) is 0 Å². The molecule has 1 amide bonds. The molecule has 28 heavy (non-hydrogen) atoms. The van der Waals surface area contributed by atoms with E-state index in [1.807, 2.05) is 31.2 Å². The van der Waals surface area contributed by atoms with Crippen LogP contribution < -0.4 is 16.0 Å². The van der Waals surface area contributed by atoms with E-state index in [1.54, 1.807) is 7.05 Å². The Morgan fingerprint density at radius 3 is 2.43 bits per heavy atom. The number of nitrogens with one attached hydrogen (secondary N) is 3. The van der Waals surface area contributed by atoms with Gasteiger partial charge in [-0.2, -0.15) is 0 Å². The third-order valence-electron chi connectivity index (χ3n) is 5.04. The fourth-order valence-corrected chi connectivity index (χ4v) is 3.25. The van der Waals surface area contributed by atoms with Crippen LogP contribution in [0, 0.1) is 0 Å². The number of guanidine groups is 1. The number of benzene rings is 2. The molecule has 6 heteroatoms. The summed E-state index contributed by atoms with van der Waals surface area (Å²) in [6.45, 7) is 4.03. The molecule has 2 aromatic rings. The largest absolute Gasteiger partial charge is 0.356 e. The maximum atomic E-state index is 12.0. The van der Waals surface area contributed by atoms with Crippen molar-refractivity contribution in [2.24, 2.45) is 4.99 Å². The average molecular weight is 492 g/mol. The highest BCUT2D eigenvalue weighted by atomic mass is 127. The number of nitrogens with zero attached hydrogens (tertiary/aromatic N) is 1. The molecule has 0 bridgehead atoms. The van der Waals surface area contributed by atoms with Crippen LogP contribution in [-0.2, 0) is 12.0 Å². The van der Waals surface area contributed by atoms with E-state index in [1.165, 1.54) is 18.4 Å². The quantitative estimate of drug-likeness (QED) is 0.315. The Bertz CT molecular complexity index is 803. The molecule has 2 aromatic carbocycles. The molecule has 0 atom stereocenters. The van der Waals surface area contributed by atoms with Crippen LogP contribution in [0.3, 0.4) is 0 Å². The van der Waals surface area contributed by atoms with Gasteiger partial charge >= 0.3 is 0 Å². The van der Waals surface area contributed by atoms with Crippen LogP contribution >= 0.6 is 24.0 Å². The summed E-state index contributed by atoms with van der Waals surface area (Å²) in [6, 6.07) is 18.3. The monoisotopic (exact) mass is 492 g/mol. The average Bonchev–Trinajstić information content (AvgIpc) is 3.50. The zero-order chi connectivity index (χ0) is 19.1. The molecule has 1 saturated carbocycles. The number of carbonyl (C=O) groups is 1. The van der Waals surface area contributed by atoms with Gasteiger partial charge in [0.1, 0.15) is 0 Å². The van der Waals surface area contributed by atoms with Crippen molar-refractivity contribution in [3.63, 3.8) is 0 Å². The van der Waals surface area contributed by atoms with Crippen LogP contribution in [0.25, 0.3) is 0 Å². The van der Waals surface area contributed by atoms with Crippen molar-refractivity contribution in [3.05, 3.63) is 71.3 Å². The van der Waals surface area contributed by atoms with Crippen molar-refractivity contribution >= 4 is 35.8 Å². The summed E-state index contributed by atoms with van der Waals surface area (Å²) in [5.74, 6) is 0.737. The van der Waals surface area contributed by atoms with Crippen LogP contribution in [0.4, 0.5) is 0 Å². The fourth-order valence-electron chi connectivity index (χ4n) is 3.25. The molecule has 0 radical (unpaired) electrons. The summed E-state index contributed by atoms with van der Waals surface area (Å²) in [5.41, 5.74) is 3.35. The summed E-state index contributed by atoms with van der Waals surface area (Å²) in [6.07, 6.45) is 2.41. The van der Waals surface area contributed by atoms with E-state index < -0.39 is 0 Å². The number of halogens is 1. The number of amides is 1. The van der Waals surface area contributed by atoms with Crippen LogP contribution in [-0.4, -0.2) is 32.0 Å². The van der Waals surface area contributed by atoms with Gasteiger partial charge < -0.3 is 16.0 Å². The highest BCUT2D eigenvalue weighted by Crippen LogP contribution is 2.47. The minimum absolute atomic E-state index is 0. The molecule has 0 unspecified atom stereocenters. The van der Waals surface area contributed by atoms with Crippen molar-refractivity contribution in [2.45, 2.75) is 31.7 Å².